The summed E-state index contributed by atoms with van der Waals surface area (Å²) in [6, 6.07) is 15.4. The van der Waals surface area contributed by atoms with Gasteiger partial charge in [0.25, 0.3) is 21.6 Å². The number of hydrogen-bond acceptors (Lipinski definition) is 12. The second-order valence-corrected chi connectivity index (χ2v) is 20.3. The van der Waals surface area contributed by atoms with E-state index in [1.807, 2.05) is 6.07 Å². The number of hydrogen-bond donors (Lipinski definition) is 3. The molecule has 0 bridgehead atoms. The Morgan fingerprint density at radius 3 is 2.57 bits per heavy atom. The van der Waals surface area contributed by atoms with E-state index in [0.717, 1.165) is 67.2 Å². The van der Waals surface area contributed by atoms with Gasteiger partial charge in [0.2, 0.25) is 0 Å². The number of nitro benzene ring substituents is 1. The fraction of sp³-hybridized carbons (Fsp3) is 0.417. The standard InChI is InChI=1S/C48H54ClF3N8O7S/c1-4-57-21-22-66-35(30-57)13-16-53-42-10-7-37(26-43(42)60(62)63)68(64,65)56-46(61)39-9-6-34(25-44(39)67-36-23-31-12-15-54-45(31)55-28-36)59-19-17-58(18-20-59)29-32-11-14-47(2,3)27-40(32)38-8-5-33(24-41(38)49)48(50,51)52/h5-10,12,15,23-26,28,35,53H,4,11,13-14,16-22,27,29-30H2,1-3H3,(H,54,55)(H,56,61). The van der Waals surface area contributed by atoms with Crippen LogP contribution in [0.1, 0.15) is 67.9 Å². The number of sulfonamides is 1. The molecule has 4 heterocycles. The van der Waals surface area contributed by atoms with Crippen molar-refractivity contribution in [1.82, 2.24) is 24.5 Å². The van der Waals surface area contributed by atoms with Crippen LogP contribution in [0.4, 0.5) is 30.2 Å². The van der Waals surface area contributed by atoms with E-state index >= 15 is 0 Å². The monoisotopic (exact) mass is 978 g/mol. The molecular weight excluding hydrogens is 925 g/mol. The number of rotatable bonds is 15. The molecule has 2 aliphatic heterocycles. The number of benzene rings is 3. The average molecular weight is 980 g/mol. The highest BCUT2D eigenvalue weighted by molar-refractivity contribution is 7.90. The number of nitrogens with zero attached hydrogens (tertiary/aromatic N) is 5. The summed E-state index contributed by atoms with van der Waals surface area (Å²) in [5.74, 6) is -0.671. The van der Waals surface area contributed by atoms with Crippen LogP contribution in [0.5, 0.6) is 11.5 Å². The molecule has 20 heteroatoms. The maximum atomic E-state index is 14.0. The number of fused-ring (bicyclic) bond motifs is 1. The molecule has 2 fully saturated rings. The molecule has 5 aromatic rings. The minimum atomic E-state index is -4.63. The van der Waals surface area contributed by atoms with Crippen molar-refractivity contribution in [3.05, 3.63) is 117 Å². The number of nitro groups is 1. The van der Waals surface area contributed by atoms with Crippen LogP contribution in [0.3, 0.4) is 0 Å². The molecule has 8 rings (SSSR count). The summed E-state index contributed by atoms with van der Waals surface area (Å²) in [7, 11) is -4.63. The van der Waals surface area contributed by atoms with Gasteiger partial charge in [0.15, 0.2) is 0 Å². The number of aromatic amines is 1. The van der Waals surface area contributed by atoms with Crippen LogP contribution in [-0.4, -0.2) is 111 Å². The highest BCUT2D eigenvalue weighted by Gasteiger charge is 2.34. The van der Waals surface area contributed by atoms with Crippen molar-refractivity contribution in [2.24, 2.45) is 5.41 Å². The highest BCUT2D eigenvalue weighted by atomic mass is 35.5. The van der Waals surface area contributed by atoms with Gasteiger partial charge in [-0.3, -0.25) is 24.7 Å². The molecule has 3 aromatic carbocycles. The van der Waals surface area contributed by atoms with Gasteiger partial charge in [-0.05, 0) is 97.3 Å². The van der Waals surface area contributed by atoms with Crippen LogP contribution in [0.15, 0.2) is 89.6 Å². The fourth-order valence-corrected chi connectivity index (χ4v) is 10.4. The van der Waals surface area contributed by atoms with E-state index < -0.39 is 43.2 Å². The summed E-state index contributed by atoms with van der Waals surface area (Å²) in [5, 5.41) is 16.0. The quantitative estimate of drug-likeness (QED) is 0.0671. The van der Waals surface area contributed by atoms with E-state index in [0.29, 0.717) is 81.4 Å². The molecule has 1 atom stereocenters. The summed E-state index contributed by atoms with van der Waals surface area (Å²) in [4.78, 5) is 39.1. The number of halogens is 4. The summed E-state index contributed by atoms with van der Waals surface area (Å²) >= 11 is 6.54. The van der Waals surface area contributed by atoms with Gasteiger partial charge in [-0.15, -0.1) is 0 Å². The van der Waals surface area contributed by atoms with Crippen molar-refractivity contribution in [3.63, 3.8) is 0 Å². The van der Waals surface area contributed by atoms with Crippen molar-refractivity contribution >= 4 is 61.2 Å². The lowest BCUT2D eigenvalue weighted by molar-refractivity contribution is -0.384. The number of nitrogens with one attached hydrogen (secondary N) is 3. The van der Waals surface area contributed by atoms with Gasteiger partial charge in [0.1, 0.15) is 22.8 Å². The van der Waals surface area contributed by atoms with Crippen molar-refractivity contribution < 1.29 is 40.8 Å². The molecule has 15 nitrogen and oxygen atoms in total. The average Bonchev–Trinajstić information content (AvgIpc) is 3.77. The first kappa shape index (κ1) is 48.7. The Hall–Kier alpha value is -5.73. The molecular formula is C48H54ClF3N8O7S. The third-order valence-corrected chi connectivity index (χ3v) is 14.6. The molecule has 68 heavy (non-hydrogen) atoms. The predicted octanol–water partition coefficient (Wildman–Crippen LogP) is 9.36. The third kappa shape index (κ3) is 11.4. The maximum absolute atomic E-state index is 14.0. The molecule has 2 saturated heterocycles. The lowest BCUT2D eigenvalue weighted by Gasteiger charge is -2.39. The minimum absolute atomic E-state index is 0.0450. The highest BCUT2D eigenvalue weighted by Crippen LogP contribution is 2.46. The van der Waals surface area contributed by atoms with Crippen molar-refractivity contribution in [1.29, 1.82) is 0 Å². The van der Waals surface area contributed by atoms with Crippen LogP contribution in [0, 0.1) is 15.5 Å². The molecule has 1 amide bonds. The Kier molecular flexibility index (Phi) is 14.4. The second kappa shape index (κ2) is 20.1. The van der Waals surface area contributed by atoms with E-state index in [-0.39, 0.29) is 33.5 Å². The Morgan fingerprint density at radius 2 is 1.84 bits per heavy atom. The summed E-state index contributed by atoms with van der Waals surface area (Å²) < 4.78 is 82.2. The van der Waals surface area contributed by atoms with Crippen LogP contribution in [0.2, 0.25) is 5.02 Å². The van der Waals surface area contributed by atoms with Crippen molar-refractivity contribution in [2.45, 2.75) is 63.6 Å². The zero-order valence-corrected chi connectivity index (χ0v) is 39.6. The van der Waals surface area contributed by atoms with E-state index in [1.165, 1.54) is 30.5 Å². The zero-order chi connectivity index (χ0) is 48.4. The van der Waals surface area contributed by atoms with Gasteiger partial charge < -0.3 is 24.7 Å². The molecule has 3 aliphatic rings. The van der Waals surface area contributed by atoms with Gasteiger partial charge in [0.05, 0.1) is 39.9 Å². The largest absolute Gasteiger partial charge is 0.455 e. The molecule has 1 unspecified atom stereocenters. The van der Waals surface area contributed by atoms with Gasteiger partial charge in [0, 0.05) is 86.8 Å². The third-order valence-electron chi connectivity index (χ3n) is 12.9. The number of piperazine rings is 1. The number of carbonyl (C=O) groups excluding carboxylic acids is 1. The molecule has 0 saturated carbocycles. The number of carbonyl (C=O) groups is 1. The smallest absolute Gasteiger partial charge is 0.416 e. The number of allylic oxidation sites excluding steroid dienone is 1. The first-order chi connectivity index (χ1) is 32.4. The topological polar surface area (TPSA) is 175 Å². The van der Waals surface area contributed by atoms with E-state index in [4.69, 9.17) is 21.1 Å². The Bertz CT molecular complexity index is 2830. The number of alkyl halides is 3. The van der Waals surface area contributed by atoms with Crippen LogP contribution < -0.4 is 19.7 Å². The first-order valence-electron chi connectivity index (χ1n) is 22.6. The van der Waals surface area contributed by atoms with Gasteiger partial charge >= 0.3 is 6.18 Å². The molecule has 362 valence electrons. The van der Waals surface area contributed by atoms with E-state index in [2.05, 4.69) is 55.5 Å². The van der Waals surface area contributed by atoms with Crippen molar-refractivity contribution in [3.8, 4) is 11.5 Å². The van der Waals surface area contributed by atoms with Gasteiger partial charge in [-0.2, -0.15) is 13.2 Å². The summed E-state index contributed by atoms with van der Waals surface area (Å²) in [5.41, 5.74) is 2.82. The lowest BCUT2D eigenvalue weighted by Crippen LogP contribution is -2.47. The number of aromatic nitrogens is 2. The number of H-pyrrole nitrogens is 1. The van der Waals surface area contributed by atoms with Gasteiger partial charge in [-0.25, -0.2) is 18.1 Å². The molecule has 3 N–H and O–H groups in total. The Balaban J connectivity index is 0.987. The number of ether oxygens (including phenoxy) is 2. The number of pyridine rings is 1. The van der Waals surface area contributed by atoms with Crippen LogP contribution in [0.25, 0.3) is 16.6 Å². The first-order valence-corrected chi connectivity index (χ1v) is 24.5. The number of likely N-dealkylation sites (N-methyl/N-ethyl adjacent to an activating group) is 1. The Labute approximate surface area is 397 Å². The Morgan fingerprint density at radius 1 is 1.04 bits per heavy atom. The van der Waals surface area contributed by atoms with Crippen LogP contribution >= 0.6 is 11.6 Å². The summed E-state index contributed by atoms with van der Waals surface area (Å²) in [6.45, 7) is 12.9. The molecule has 1 aliphatic carbocycles. The molecule has 0 spiro atoms. The predicted molar refractivity (Wildman–Crippen MR) is 255 cm³/mol. The van der Waals surface area contributed by atoms with Crippen molar-refractivity contribution in [2.75, 3.05) is 75.7 Å². The fourth-order valence-electron chi connectivity index (χ4n) is 9.07. The van der Waals surface area contributed by atoms with E-state index in [9.17, 15) is 36.5 Å². The number of anilines is 2. The SMILES string of the molecule is CCN1CCOC(CCNc2ccc(S(=O)(=O)NC(=O)c3ccc(N4CCN(CC5=C(c6ccc(C(F)(F)F)cc6Cl)CC(C)(C)CC5)CC4)cc3Oc3cnc4[nH]ccc4c3)cc2[N+](=O)[O-])C1. The van der Waals surface area contributed by atoms with Crippen LogP contribution in [-0.2, 0) is 20.9 Å². The van der Waals surface area contributed by atoms with Gasteiger partial charge in [-0.1, -0.05) is 44.0 Å². The number of amides is 1. The van der Waals surface area contributed by atoms with E-state index in [1.54, 1.807) is 24.4 Å². The normalized spacial score (nSPS) is 18.5. The maximum Gasteiger partial charge on any atom is 0.416 e. The second-order valence-electron chi connectivity index (χ2n) is 18.2. The summed E-state index contributed by atoms with van der Waals surface area (Å²) in [6.07, 6.45) is 1.65. The zero-order valence-electron chi connectivity index (χ0n) is 38.0. The number of morpholine rings is 1. The molecule has 0 radical (unpaired) electrons. The lowest BCUT2D eigenvalue weighted by atomic mass is 9.72. The molecule has 2 aromatic heterocycles. The minimum Gasteiger partial charge on any atom is -0.455 e.